The Kier molecular flexibility index (Phi) is 12.6. The maximum absolute atomic E-state index is 13.4. The molecule has 4 amide bonds. The summed E-state index contributed by atoms with van der Waals surface area (Å²) >= 11 is 0. The van der Waals surface area contributed by atoms with E-state index in [-0.39, 0.29) is 31.3 Å². The van der Waals surface area contributed by atoms with Crippen LogP contribution in [0.25, 0.3) is 0 Å². The molecular weight excluding hydrogens is 472 g/mol. The van der Waals surface area contributed by atoms with Crippen LogP contribution in [0.4, 0.5) is 0 Å². The van der Waals surface area contributed by atoms with Crippen molar-refractivity contribution in [3.63, 3.8) is 0 Å². The lowest BCUT2D eigenvalue weighted by Crippen LogP contribution is -2.57. The summed E-state index contributed by atoms with van der Waals surface area (Å²) in [6.45, 7) is 4.39. The molecule has 14 heteroatoms. The van der Waals surface area contributed by atoms with Gasteiger partial charge in [-0.2, -0.15) is 0 Å². The van der Waals surface area contributed by atoms with Gasteiger partial charge in [0.25, 0.3) is 0 Å². The number of nitrogens with zero attached hydrogens (tertiary/aromatic N) is 2. The molecule has 1 heterocycles. The van der Waals surface area contributed by atoms with Crippen molar-refractivity contribution in [3.05, 3.63) is 0 Å². The van der Waals surface area contributed by atoms with Gasteiger partial charge in [0.2, 0.25) is 23.6 Å². The predicted octanol–water partition coefficient (Wildman–Crippen LogP) is -2.28. The maximum Gasteiger partial charge on any atom is 0.326 e. The zero-order chi connectivity index (χ0) is 27.4. The number of likely N-dealkylation sites (tertiary alicyclic amines) is 1. The SMILES string of the molecule is CC(C)CC(NC(=O)C(N)CCCN=C(N)N)C(=O)N1CCCC1C(=O)NC(CCC(N)=O)C(=O)O. The second-order valence-electron chi connectivity index (χ2n) is 9.34. The van der Waals surface area contributed by atoms with Crippen molar-refractivity contribution in [3.8, 4) is 0 Å². The second kappa shape index (κ2) is 14.9. The third-order valence-corrected chi connectivity index (χ3v) is 5.76. The number of carboxylic acids is 1. The number of hydrogen-bond donors (Lipinski definition) is 7. The summed E-state index contributed by atoms with van der Waals surface area (Å²) in [7, 11) is 0. The van der Waals surface area contributed by atoms with Crippen molar-refractivity contribution in [2.45, 2.75) is 83.0 Å². The van der Waals surface area contributed by atoms with Crippen LogP contribution in [0.15, 0.2) is 4.99 Å². The van der Waals surface area contributed by atoms with Gasteiger partial charge in [-0.05, 0) is 44.4 Å². The Morgan fingerprint density at radius 3 is 2.28 bits per heavy atom. The van der Waals surface area contributed by atoms with Gasteiger partial charge in [-0.1, -0.05) is 13.8 Å². The molecule has 1 rings (SSSR count). The van der Waals surface area contributed by atoms with E-state index in [1.54, 1.807) is 0 Å². The summed E-state index contributed by atoms with van der Waals surface area (Å²) in [5.74, 6) is -3.57. The van der Waals surface area contributed by atoms with Gasteiger partial charge < -0.3 is 43.6 Å². The van der Waals surface area contributed by atoms with Crippen LogP contribution < -0.4 is 33.6 Å². The lowest BCUT2D eigenvalue weighted by atomic mass is 10.0. The van der Waals surface area contributed by atoms with E-state index >= 15 is 0 Å². The van der Waals surface area contributed by atoms with Crippen molar-refractivity contribution in [1.29, 1.82) is 0 Å². The monoisotopic (exact) mass is 512 g/mol. The number of carbonyl (C=O) groups excluding carboxylic acids is 4. The molecular formula is C22H40N8O6. The first-order chi connectivity index (χ1) is 16.8. The van der Waals surface area contributed by atoms with Crippen molar-refractivity contribution in [2.75, 3.05) is 13.1 Å². The number of guanidine groups is 1. The molecule has 1 saturated heterocycles. The minimum Gasteiger partial charge on any atom is -0.480 e. The molecule has 0 aromatic heterocycles. The first-order valence-corrected chi connectivity index (χ1v) is 12.1. The molecule has 0 spiro atoms. The van der Waals surface area contributed by atoms with Crippen LogP contribution in [0.5, 0.6) is 0 Å². The number of primary amides is 1. The van der Waals surface area contributed by atoms with Crippen LogP contribution in [-0.4, -0.2) is 82.8 Å². The van der Waals surface area contributed by atoms with E-state index in [0.717, 1.165) is 0 Å². The molecule has 204 valence electrons. The molecule has 4 unspecified atom stereocenters. The van der Waals surface area contributed by atoms with Gasteiger partial charge in [0, 0.05) is 19.5 Å². The van der Waals surface area contributed by atoms with Gasteiger partial charge >= 0.3 is 5.97 Å². The van der Waals surface area contributed by atoms with E-state index in [0.29, 0.717) is 38.6 Å². The smallest absolute Gasteiger partial charge is 0.326 e. The normalized spacial score (nSPS) is 17.7. The Bertz CT molecular complexity index is 829. The van der Waals surface area contributed by atoms with Crippen LogP contribution in [0.3, 0.4) is 0 Å². The molecule has 0 bridgehead atoms. The van der Waals surface area contributed by atoms with Crippen LogP contribution in [0, 0.1) is 5.92 Å². The number of rotatable bonds is 15. The highest BCUT2D eigenvalue weighted by Gasteiger charge is 2.39. The van der Waals surface area contributed by atoms with E-state index in [4.69, 9.17) is 22.9 Å². The molecule has 0 aliphatic carbocycles. The van der Waals surface area contributed by atoms with Gasteiger partial charge in [0.05, 0.1) is 6.04 Å². The molecule has 0 radical (unpaired) electrons. The summed E-state index contributed by atoms with van der Waals surface area (Å²) in [4.78, 5) is 66.6. The molecule has 36 heavy (non-hydrogen) atoms. The average molecular weight is 513 g/mol. The van der Waals surface area contributed by atoms with Crippen molar-refractivity contribution in [2.24, 2.45) is 33.8 Å². The molecule has 0 saturated carbocycles. The Hall–Kier alpha value is -3.42. The topological polar surface area (TPSA) is 249 Å². The molecule has 1 aliphatic heterocycles. The first kappa shape index (κ1) is 30.6. The number of nitrogens with two attached hydrogens (primary N) is 4. The molecule has 1 aliphatic rings. The number of aliphatic carboxylic acids is 1. The Labute approximate surface area is 210 Å². The van der Waals surface area contributed by atoms with Gasteiger partial charge in [-0.15, -0.1) is 0 Å². The summed E-state index contributed by atoms with van der Waals surface area (Å²) < 4.78 is 0. The number of carboxylic acid groups (broad SMARTS) is 1. The summed E-state index contributed by atoms with van der Waals surface area (Å²) in [5.41, 5.74) is 21.6. The number of nitrogens with one attached hydrogen (secondary N) is 2. The second-order valence-corrected chi connectivity index (χ2v) is 9.34. The lowest BCUT2D eigenvalue weighted by Gasteiger charge is -2.30. The molecule has 0 aromatic carbocycles. The lowest BCUT2D eigenvalue weighted by molar-refractivity contribution is -0.145. The average Bonchev–Trinajstić information content (AvgIpc) is 3.27. The number of amides is 4. The van der Waals surface area contributed by atoms with Gasteiger partial charge in [-0.25, -0.2) is 4.79 Å². The maximum atomic E-state index is 13.4. The standard InChI is InChI=1S/C22H40N8O6/c1-12(2)11-15(29-18(32)13(23)5-3-9-27-22(25)26)20(34)30-10-4-6-16(30)19(33)28-14(21(35)36)7-8-17(24)31/h12-16H,3-11,23H2,1-2H3,(H2,24,31)(H,28,33)(H,29,32)(H,35,36)(H4,25,26,27). The highest BCUT2D eigenvalue weighted by molar-refractivity contribution is 5.94. The molecule has 0 aromatic rings. The summed E-state index contributed by atoms with van der Waals surface area (Å²) in [6.07, 6.45) is 1.61. The van der Waals surface area contributed by atoms with E-state index in [9.17, 15) is 29.1 Å². The molecule has 1 fully saturated rings. The third-order valence-electron chi connectivity index (χ3n) is 5.76. The molecule has 4 atom stereocenters. The Morgan fingerprint density at radius 1 is 1.06 bits per heavy atom. The van der Waals surface area contributed by atoms with Gasteiger partial charge in [0.1, 0.15) is 18.1 Å². The van der Waals surface area contributed by atoms with E-state index in [2.05, 4.69) is 15.6 Å². The number of aliphatic imine (C=N–C) groups is 1. The minimum absolute atomic E-state index is 0.0532. The molecule has 11 N–H and O–H groups in total. The zero-order valence-electron chi connectivity index (χ0n) is 20.9. The fourth-order valence-corrected chi connectivity index (χ4v) is 3.94. The highest BCUT2D eigenvalue weighted by atomic mass is 16.4. The fraction of sp³-hybridized carbons (Fsp3) is 0.727. The van der Waals surface area contributed by atoms with Crippen LogP contribution >= 0.6 is 0 Å². The minimum atomic E-state index is -1.31. The Morgan fingerprint density at radius 2 is 1.72 bits per heavy atom. The van der Waals surface area contributed by atoms with E-state index < -0.39 is 53.8 Å². The third kappa shape index (κ3) is 10.5. The van der Waals surface area contributed by atoms with Crippen molar-refractivity contribution in [1.82, 2.24) is 15.5 Å². The summed E-state index contributed by atoms with van der Waals surface area (Å²) in [6, 6.07) is -3.99. The van der Waals surface area contributed by atoms with Crippen molar-refractivity contribution >= 4 is 35.6 Å². The highest BCUT2D eigenvalue weighted by Crippen LogP contribution is 2.21. The fourth-order valence-electron chi connectivity index (χ4n) is 3.94. The predicted molar refractivity (Wildman–Crippen MR) is 132 cm³/mol. The van der Waals surface area contributed by atoms with Crippen LogP contribution in [0.1, 0.15) is 58.8 Å². The quantitative estimate of drug-likeness (QED) is 0.0708. The number of carbonyl (C=O) groups is 5. The largest absolute Gasteiger partial charge is 0.480 e. The van der Waals surface area contributed by atoms with Crippen LogP contribution in [-0.2, 0) is 24.0 Å². The van der Waals surface area contributed by atoms with E-state index in [1.165, 1.54) is 4.90 Å². The zero-order valence-corrected chi connectivity index (χ0v) is 20.9. The van der Waals surface area contributed by atoms with Gasteiger partial charge in [-0.3, -0.25) is 24.2 Å². The van der Waals surface area contributed by atoms with Gasteiger partial charge in [0.15, 0.2) is 5.96 Å². The number of hydrogen-bond acceptors (Lipinski definition) is 7. The van der Waals surface area contributed by atoms with E-state index in [1.807, 2.05) is 13.8 Å². The Balaban J connectivity index is 2.87. The van der Waals surface area contributed by atoms with Crippen molar-refractivity contribution < 1.29 is 29.1 Å². The molecule has 14 nitrogen and oxygen atoms in total. The van der Waals surface area contributed by atoms with Crippen LogP contribution in [0.2, 0.25) is 0 Å². The first-order valence-electron chi connectivity index (χ1n) is 12.1. The summed E-state index contributed by atoms with van der Waals surface area (Å²) in [5, 5.41) is 14.5.